The summed E-state index contributed by atoms with van der Waals surface area (Å²) < 4.78 is 45.9. The van der Waals surface area contributed by atoms with E-state index in [1.807, 2.05) is 0 Å². The molecule has 1 N–H and O–H groups in total. The minimum atomic E-state index is -4.70. The molecule has 0 aliphatic heterocycles. The number of hydrogen-bond acceptors (Lipinski definition) is 3. The summed E-state index contributed by atoms with van der Waals surface area (Å²) >= 11 is 3.03. The van der Waals surface area contributed by atoms with Crippen LogP contribution in [0.2, 0.25) is 0 Å². The van der Waals surface area contributed by atoms with E-state index in [2.05, 4.69) is 39.8 Å². The molecule has 0 fully saturated rings. The predicted octanol–water partition coefficient (Wildman–Crippen LogP) is 4.50. The molecule has 0 atom stereocenters. The average molecular weight is 370 g/mol. The Kier molecular flexibility index (Phi) is 7.31. The van der Waals surface area contributed by atoms with Crippen LogP contribution in [0.15, 0.2) is 22.7 Å². The molecular formula is C14H19BrF3NO2. The standard InChI is InChI=1S/C14H19BrF3NO2/c1-10(2)19-7-3-4-8-20-11-5-6-13(12(15)9-11)21-14(16,17)18/h5-6,9-10,19H,3-4,7-8H2,1-2H3. The summed E-state index contributed by atoms with van der Waals surface area (Å²) in [7, 11) is 0. The first-order valence-corrected chi connectivity index (χ1v) is 7.48. The van der Waals surface area contributed by atoms with Gasteiger partial charge in [0, 0.05) is 6.04 Å². The Hall–Kier alpha value is -0.950. The molecule has 0 amide bonds. The van der Waals surface area contributed by atoms with Crippen LogP contribution in [0.3, 0.4) is 0 Å². The van der Waals surface area contributed by atoms with Gasteiger partial charge in [-0.1, -0.05) is 13.8 Å². The van der Waals surface area contributed by atoms with Crippen molar-refractivity contribution in [3.05, 3.63) is 22.7 Å². The molecule has 1 aromatic carbocycles. The van der Waals surface area contributed by atoms with Crippen LogP contribution in [0.25, 0.3) is 0 Å². The Morgan fingerprint density at radius 2 is 1.95 bits per heavy atom. The van der Waals surface area contributed by atoms with E-state index >= 15 is 0 Å². The molecule has 0 radical (unpaired) electrons. The minimum absolute atomic E-state index is 0.207. The monoisotopic (exact) mass is 369 g/mol. The molecule has 0 aromatic heterocycles. The third kappa shape index (κ3) is 8.16. The lowest BCUT2D eigenvalue weighted by atomic mass is 10.3. The molecule has 1 rings (SSSR count). The second-order valence-electron chi connectivity index (χ2n) is 4.80. The fraction of sp³-hybridized carbons (Fsp3) is 0.571. The molecule has 0 heterocycles. The largest absolute Gasteiger partial charge is 0.573 e. The SMILES string of the molecule is CC(C)NCCCCOc1ccc(OC(F)(F)F)c(Br)c1. The summed E-state index contributed by atoms with van der Waals surface area (Å²) in [5.41, 5.74) is 0. The van der Waals surface area contributed by atoms with Gasteiger partial charge in [-0.05, 0) is 53.5 Å². The molecule has 0 aliphatic carbocycles. The average Bonchev–Trinajstić information content (AvgIpc) is 2.35. The van der Waals surface area contributed by atoms with E-state index in [-0.39, 0.29) is 10.2 Å². The molecule has 1 aromatic rings. The van der Waals surface area contributed by atoms with Gasteiger partial charge in [0.1, 0.15) is 11.5 Å². The van der Waals surface area contributed by atoms with Crippen LogP contribution in [0.5, 0.6) is 11.5 Å². The zero-order valence-electron chi connectivity index (χ0n) is 12.0. The summed E-state index contributed by atoms with van der Waals surface area (Å²) in [5.74, 6) is 0.226. The predicted molar refractivity (Wildman–Crippen MR) is 78.7 cm³/mol. The van der Waals surface area contributed by atoms with Gasteiger partial charge in [-0.15, -0.1) is 13.2 Å². The van der Waals surface area contributed by atoms with Crippen LogP contribution in [0.1, 0.15) is 26.7 Å². The molecule has 120 valence electrons. The first-order valence-electron chi connectivity index (χ1n) is 6.69. The Labute approximate surface area is 130 Å². The van der Waals surface area contributed by atoms with Crippen LogP contribution in [0.4, 0.5) is 13.2 Å². The molecule has 0 bridgehead atoms. The number of hydrogen-bond donors (Lipinski definition) is 1. The van der Waals surface area contributed by atoms with Gasteiger partial charge in [0.05, 0.1) is 11.1 Å². The second-order valence-corrected chi connectivity index (χ2v) is 5.66. The number of halogens is 4. The van der Waals surface area contributed by atoms with Crippen LogP contribution >= 0.6 is 15.9 Å². The van der Waals surface area contributed by atoms with E-state index < -0.39 is 6.36 Å². The normalized spacial score (nSPS) is 11.8. The van der Waals surface area contributed by atoms with Gasteiger partial charge in [-0.2, -0.15) is 0 Å². The lowest BCUT2D eigenvalue weighted by molar-refractivity contribution is -0.274. The van der Waals surface area contributed by atoms with Crippen LogP contribution in [-0.4, -0.2) is 25.6 Å². The summed E-state index contributed by atoms with van der Waals surface area (Å²) in [4.78, 5) is 0. The highest BCUT2D eigenvalue weighted by atomic mass is 79.9. The van der Waals surface area contributed by atoms with Gasteiger partial charge >= 0.3 is 6.36 Å². The Morgan fingerprint density at radius 1 is 1.24 bits per heavy atom. The lowest BCUT2D eigenvalue weighted by Crippen LogP contribution is -2.23. The molecule has 0 spiro atoms. The van der Waals surface area contributed by atoms with Gasteiger partial charge in [0.25, 0.3) is 0 Å². The van der Waals surface area contributed by atoms with Crippen molar-refractivity contribution in [2.75, 3.05) is 13.2 Å². The quantitative estimate of drug-likeness (QED) is 0.684. The van der Waals surface area contributed by atoms with Crippen LogP contribution in [-0.2, 0) is 0 Å². The summed E-state index contributed by atoms with van der Waals surface area (Å²) in [6.07, 6.45) is -2.85. The molecule has 3 nitrogen and oxygen atoms in total. The van der Waals surface area contributed by atoms with Crippen molar-refractivity contribution in [1.82, 2.24) is 5.32 Å². The van der Waals surface area contributed by atoms with Gasteiger partial charge in [-0.25, -0.2) is 0 Å². The van der Waals surface area contributed by atoms with Crippen molar-refractivity contribution in [3.8, 4) is 11.5 Å². The fourth-order valence-electron chi connectivity index (χ4n) is 1.59. The summed E-state index contributed by atoms with van der Waals surface area (Å²) in [5, 5.41) is 3.30. The molecule has 0 unspecified atom stereocenters. The fourth-order valence-corrected chi connectivity index (χ4v) is 2.03. The highest BCUT2D eigenvalue weighted by Crippen LogP contribution is 2.33. The van der Waals surface area contributed by atoms with Crippen molar-refractivity contribution < 1.29 is 22.6 Å². The second kappa shape index (κ2) is 8.48. The van der Waals surface area contributed by atoms with E-state index in [0.717, 1.165) is 19.4 Å². The van der Waals surface area contributed by atoms with E-state index in [1.165, 1.54) is 18.2 Å². The lowest BCUT2D eigenvalue weighted by Gasteiger charge is -2.12. The Balaban J connectivity index is 2.35. The highest BCUT2D eigenvalue weighted by molar-refractivity contribution is 9.10. The van der Waals surface area contributed by atoms with Crippen LogP contribution < -0.4 is 14.8 Å². The zero-order chi connectivity index (χ0) is 15.9. The highest BCUT2D eigenvalue weighted by Gasteiger charge is 2.31. The van der Waals surface area contributed by atoms with Gasteiger partial charge < -0.3 is 14.8 Å². The number of rotatable bonds is 8. The molecular weight excluding hydrogens is 351 g/mol. The molecule has 0 saturated carbocycles. The first-order chi connectivity index (χ1) is 9.78. The van der Waals surface area contributed by atoms with Crippen molar-refractivity contribution in [1.29, 1.82) is 0 Å². The molecule has 0 saturated heterocycles. The topological polar surface area (TPSA) is 30.5 Å². The first kappa shape index (κ1) is 18.1. The zero-order valence-corrected chi connectivity index (χ0v) is 13.6. The molecule has 0 aliphatic rings. The maximum Gasteiger partial charge on any atom is 0.573 e. The van der Waals surface area contributed by atoms with Crippen molar-refractivity contribution in [3.63, 3.8) is 0 Å². The molecule has 7 heteroatoms. The third-order valence-corrected chi connectivity index (χ3v) is 3.14. The maximum atomic E-state index is 12.1. The van der Waals surface area contributed by atoms with E-state index in [9.17, 15) is 13.2 Å². The van der Waals surface area contributed by atoms with E-state index in [4.69, 9.17) is 4.74 Å². The van der Waals surface area contributed by atoms with Gasteiger partial charge in [-0.3, -0.25) is 0 Å². The van der Waals surface area contributed by atoms with Crippen LogP contribution in [0, 0.1) is 0 Å². The maximum absolute atomic E-state index is 12.1. The number of nitrogens with one attached hydrogen (secondary N) is 1. The van der Waals surface area contributed by atoms with E-state index in [1.54, 1.807) is 0 Å². The minimum Gasteiger partial charge on any atom is -0.494 e. The molecule has 21 heavy (non-hydrogen) atoms. The Morgan fingerprint density at radius 3 is 2.52 bits per heavy atom. The van der Waals surface area contributed by atoms with Gasteiger partial charge in [0.15, 0.2) is 0 Å². The third-order valence-electron chi connectivity index (χ3n) is 2.52. The number of ether oxygens (including phenoxy) is 2. The van der Waals surface area contributed by atoms with E-state index in [0.29, 0.717) is 18.4 Å². The van der Waals surface area contributed by atoms with Crippen molar-refractivity contribution in [2.24, 2.45) is 0 Å². The Bertz CT molecular complexity index is 439. The number of benzene rings is 1. The number of unbranched alkanes of at least 4 members (excludes halogenated alkanes) is 1. The van der Waals surface area contributed by atoms with Crippen molar-refractivity contribution >= 4 is 15.9 Å². The smallest absolute Gasteiger partial charge is 0.494 e. The summed E-state index contributed by atoms with van der Waals surface area (Å²) in [6, 6.07) is 4.61. The summed E-state index contributed by atoms with van der Waals surface area (Å²) in [6.45, 7) is 5.60. The number of alkyl halides is 3. The van der Waals surface area contributed by atoms with Gasteiger partial charge in [0.2, 0.25) is 0 Å². The van der Waals surface area contributed by atoms with Crippen molar-refractivity contribution in [2.45, 2.75) is 39.1 Å².